The van der Waals surface area contributed by atoms with Gasteiger partial charge in [-0.05, 0) is 41.8 Å². The highest BCUT2D eigenvalue weighted by molar-refractivity contribution is 8.00. The predicted octanol–water partition coefficient (Wildman–Crippen LogP) is 6.89. The van der Waals surface area contributed by atoms with Crippen LogP contribution in [0.2, 0.25) is 0 Å². The van der Waals surface area contributed by atoms with Crippen LogP contribution < -0.4 is 9.64 Å². The van der Waals surface area contributed by atoms with Crippen molar-refractivity contribution >= 4 is 46.0 Å². The zero-order valence-electron chi connectivity index (χ0n) is 22.3. The molecule has 5 rings (SSSR count). The number of nitrogens with zero attached hydrogens (tertiary/aromatic N) is 3. The van der Waals surface area contributed by atoms with E-state index < -0.39 is 23.5 Å². The van der Waals surface area contributed by atoms with E-state index in [4.69, 9.17) is 4.74 Å². The Morgan fingerprint density at radius 2 is 1.88 bits per heavy atom. The summed E-state index contributed by atoms with van der Waals surface area (Å²) in [6.45, 7) is 6.02. The van der Waals surface area contributed by atoms with Crippen LogP contribution in [0.1, 0.15) is 28.3 Å². The van der Waals surface area contributed by atoms with Crippen molar-refractivity contribution in [3.8, 4) is 5.75 Å². The molecule has 9 heteroatoms. The van der Waals surface area contributed by atoms with Gasteiger partial charge in [0.25, 0.3) is 5.91 Å². The van der Waals surface area contributed by atoms with Crippen LogP contribution in [0.4, 0.5) is 5.13 Å². The molecule has 1 amide bonds. The van der Waals surface area contributed by atoms with Crippen molar-refractivity contribution in [3.63, 3.8) is 0 Å². The van der Waals surface area contributed by atoms with Gasteiger partial charge in [-0.3, -0.25) is 14.5 Å². The summed E-state index contributed by atoms with van der Waals surface area (Å²) in [7, 11) is 0. The number of hydrogen-bond acceptors (Lipinski definition) is 8. The van der Waals surface area contributed by atoms with Gasteiger partial charge in [-0.25, -0.2) is 0 Å². The monoisotopic (exact) mass is 581 g/mol. The fourth-order valence-electron chi connectivity index (χ4n) is 4.31. The number of thioether (sulfide) groups is 1. The second-order valence-corrected chi connectivity index (χ2v) is 11.4. The number of ketones is 1. The molecule has 0 bridgehead atoms. The van der Waals surface area contributed by atoms with Gasteiger partial charge in [0.05, 0.1) is 11.6 Å². The lowest BCUT2D eigenvalue weighted by Gasteiger charge is -2.24. The molecule has 2 heterocycles. The molecule has 4 aromatic rings. The summed E-state index contributed by atoms with van der Waals surface area (Å²) in [5.41, 5.74) is 3.70. The first-order valence-electron chi connectivity index (χ1n) is 12.8. The van der Waals surface area contributed by atoms with Gasteiger partial charge >= 0.3 is 0 Å². The first-order chi connectivity index (χ1) is 19.9. The molecule has 0 aliphatic carbocycles. The SMILES string of the molecule is C=CCOc1cccc(C2C(C(=O)C=Cc3ccccc3)=C(O)C(=O)N2c2nnc(SCc3ccc(C)cc3)s2)c1. The Labute approximate surface area is 246 Å². The van der Waals surface area contributed by atoms with E-state index in [1.165, 1.54) is 39.6 Å². The molecular formula is C32H27N3O4S2. The van der Waals surface area contributed by atoms with Gasteiger partial charge in [-0.15, -0.1) is 10.2 Å². The molecular weight excluding hydrogens is 555 g/mol. The van der Waals surface area contributed by atoms with E-state index in [0.29, 0.717) is 28.0 Å². The number of benzene rings is 3. The van der Waals surface area contributed by atoms with Crippen molar-refractivity contribution in [1.82, 2.24) is 10.2 Å². The van der Waals surface area contributed by atoms with Crippen molar-refractivity contribution < 1.29 is 19.4 Å². The van der Waals surface area contributed by atoms with Gasteiger partial charge in [0.2, 0.25) is 5.13 Å². The third kappa shape index (κ3) is 6.48. The molecule has 0 saturated heterocycles. The molecule has 0 fully saturated rings. The number of carbonyl (C=O) groups is 2. The summed E-state index contributed by atoms with van der Waals surface area (Å²) in [6.07, 6.45) is 4.65. The molecule has 1 atom stereocenters. The summed E-state index contributed by atoms with van der Waals surface area (Å²) in [6, 6.07) is 23.7. The van der Waals surface area contributed by atoms with Gasteiger partial charge in [-0.1, -0.05) is 114 Å². The minimum Gasteiger partial charge on any atom is -0.503 e. The van der Waals surface area contributed by atoms with Gasteiger partial charge < -0.3 is 9.84 Å². The van der Waals surface area contributed by atoms with E-state index in [2.05, 4.69) is 41.0 Å². The molecule has 1 aromatic heterocycles. The molecule has 41 heavy (non-hydrogen) atoms. The molecule has 1 aliphatic heterocycles. The second-order valence-electron chi connectivity index (χ2n) is 9.25. The first-order valence-corrected chi connectivity index (χ1v) is 14.6. The quantitative estimate of drug-likeness (QED) is 0.0893. The summed E-state index contributed by atoms with van der Waals surface area (Å²) < 4.78 is 6.37. The number of hydrogen-bond donors (Lipinski definition) is 1. The number of carbonyl (C=O) groups excluding carboxylic acids is 2. The van der Waals surface area contributed by atoms with Crippen LogP contribution in [0, 0.1) is 6.92 Å². The minimum atomic E-state index is -0.925. The summed E-state index contributed by atoms with van der Waals surface area (Å²) in [4.78, 5) is 28.3. The van der Waals surface area contributed by atoms with E-state index in [0.717, 1.165) is 11.1 Å². The van der Waals surface area contributed by atoms with E-state index in [-0.39, 0.29) is 10.7 Å². The number of rotatable bonds is 11. The number of anilines is 1. The fraction of sp³-hybridized carbons (Fsp3) is 0.125. The smallest absolute Gasteiger partial charge is 0.296 e. The Morgan fingerprint density at radius 3 is 2.63 bits per heavy atom. The maximum absolute atomic E-state index is 13.5. The van der Waals surface area contributed by atoms with Crippen LogP contribution in [-0.2, 0) is 15.3 Å². The maximum Gasteiger partial charge on any atom is 0.296 e. The maximum atomic E-state index is 13.5. The Kier molecular flexibility index (Phi) is 8.76. The van der Waals surface area contributed by atoms with Crippen molar-refractivity contribution in [3.05, 3.63) is 131 Å². The summed E-state index contributed by atoms with van der Waals surface area (Å²) in [5, 5.41) is 19.9. The molecule has 1 aliphatic rings. The van der Waals surface area contributed by atoms with Crippen molar-refractivity contribution in [2.75, 3.05) is 11.5 Å². The third-order valence-corrected chi connectivity index (χ3v) is 8.45. The van der Waals surface area contributed by atoms with Crippen LogP contribution in [-0.4, -0.2) is 33.6 Å². The van der Waals surface area contributed by atoms with Crippen LogP contribution in [0.15, 0.2) is 113 Å². The number of aryl methyl sites for hydroxylation is 1. The van der Waals surface area contributed by atoms with Crippen LogP contribution >= 0.6 is 23.1 Å². The fourth-order valence-corrected chi connectivity index (χ4v) is 6.14. The van der Waals surface area contributed by atoms with E-state index in [1.54, 1.807) is 36.4 Å². The highest BCUT2D eigenvalue weighted by atomic mass is 32.2. The van der Waals surface area contributed by atoms with Gasteiger partial charge in [0.15, 0.2) is 15.9 Å². The van der Waals surface area contributed by atoms with E-state index in [1.807, 2.05) is 37.3 Å². The summed E-state index contributed by atoms with van der Waals surface area (Å²) in [5.74, 6) is -0.580. The molecule has 0 spiro atoms. The lowest BCUT2D eigenvalue weighted by Crippen LogP contribution is -2.30. The molecule has 7 nitrogen and oxygen atoms in total. The number of allylic oxidation sites excluding steroid dienone is 1. The molecule has 0 saturated carbocycles. The second kappa shape index (κ2) is 12.8. The molecule has 1 unspecified atom stereocenters. The first kappa shape index (κ1) is 28.1. The largest absolute Gasteiger partial charge is 0.503 e. The van der Waals surface area contributed by atoms with Gasteiger partial charge in [0.1, 0.15) is 12.4 Å². The van der Waals surface area contributed by atoms with Crippen LogP contribution in [0.5, 0.6) is 5.75 Å². The highest BCUT2D eigenvalue weighted by Gasteiger charge is 2.45. The molecule has 206 valence electrons. The lowest BCUT2D eigenvalue weighted by atomic mass is 9.95. The zero-order valence-corrected chi connectivity index (χ0v) is 23.9. The third-order valence-electron chi connectivity index (χ3n) is 6.33. The van der Waals surface area contributed by atoms with Crippen LogP contribution in [0.25, 0.3) is 6.08 Å². The number of aliphatic hydroxyl groups excluding tert-OH is 1. The Hall–Kier alpha value is -4.47. The summed E-state index contributed by atoms with van der Waals surface area (Å²) >= 11 is 2.74. The lowest BCUT2D eigenvalue weighted by molar-refractivity contribution is -0.117. The molecule has 1 N–H and O–H groups in total. The topological polar surface area (TPSA) is 92.6 Å². The van der Waals surface area contributed by atoms with Crippen LogP contribution in [0.3, 0.4) is 0 Å². The minimum absolute atomic E-state index is 0.0351. The van der Waals surface area contributed by atoms with E-state index >= 15 is 0 Å². The van der Waals surface area contributed by atoms with Gasteiger partial charge in [0, 0.05) is 5.75 Å². The zero-order chi connectivity index (χ0) is 28.8. The average molecular weight is 582 g/mol. The molecule has 3 aromatic carbocycles. The van der Waals surface area contributed by atoms with E-state index in [9.17, 15) is 14.7 Å². The van der Waals surface area contributed by atoms with Crippen molar-refractivity contribution in [2.45, 2.75) is 23.1 Å². The normalized spacial score (nSPS) is 15.1. The number of amides is 1. The Balaban J connectivity index is 1.47. The standard InChI is InChI=1S/C32H27N3O4S2/c1-3-18-39-25-11-7-10-24(19-25)28-27(26(36)17-16-22-8-5-4-6-9-22)29(37)30(38)35(28)31-33-34-32(41-31)40-20-23-14-12-21(2)13-15-23/h3-17,19,28,37H,1,18,20H2,2H3. The average Bonchev–Trinajstić information content (AvgIpc) is 3.57. The van der Waals surface area contributed by atoms with Crippen molar-refractivity contribution in [2.24, 2.45) is 0 Å². The molecule has 0 radical (unpaired) electrons. The van der Waals surface area contributed by atoms with Crippen molar-refractivity contribution in [1.29, 1.82) is 0 Å². The number of aliphatic hydroxyl groups is 1. The Morgan fingerprint density at radius 1 is 1.10 bits per heavy atom. The van der Waals surface area contributed by atoms with Gasteiger partial charge in [-0.2, -0.15) is 0 Å². The predicted molar refractivity (Wildman–Crippen MR) is 163 cm³/mol. The highest BCUT2D eigenvalue weighted by Crippen LogP contribution is 2.44. The Bertz CT molecular complexity index is 1630. The number of aromatic nitrogens is 2. The number of ether oxygens (including phenoxy) is 1.